The van der Waals surface area contributed by atoms with E-state index in [0.717, 1.165) is 26.5 Å². The molecule has 1 nitrogen and oxygen atoms in total. The van der Waals surface area contributed by atoms with Crippen molar-refractivity contribution in [2.75, 3.05) is 0 Å². The zero-order valence-electron chi connectivity index (χ0n) is 5.60. The first-order chi connectivity index (χ1) is 5.12. The minimum absolute atomic E-state index is 0.541. The molecule has 0 saturated heterocycles. The monoisotopic (exact) mass is 252 g/mol. The van der Waals surface area contributed by atoms with Crippen molar-refractivity contribution >= 4 is 38.9 Å². The fourth-order valence-corrected chi connectivity index (χ4v) is 2.79. The van der Waals surface area contributed by atoms with E-state index in [4.69, 9.17) is 11.6 Å². The molecule has 60 valence electrons. The van der Waals surface area contributed by atoms with Crippen molar-refractivity contribution < 1.29 is 5.11 Å². The van der Waals surface area contributed by atoms with Gasteiger partial charge in [-0.1, -0.05) is 11.6 Å². The lowest BCUT2D eigenvalue weighted by Gasteiger charge is -2.00. The topological polar surface area (TPSA) is 20.2 Å². The number of halogens is 2. The summed E-state index contributed by atoms with van der Waals surface area (Å²) in [6, 6.07) is 1.90. The van der Waals surface area contributed by atoms with Crippen LogP contribution in [-0.2, 0) is 5.60 Å². The summed E-state index contributed by atoms with van der Waals surface area (Å²) in [5, 5.41) is 9.67. The first kappa shape index (κ1) is 8.05. The average molecular weight is 254 g/mol. The van der Waals surface area contributed by atoms with Crippen molar-refractivity contribution in [3.8, 4) is 0 Å². The van der Waals surface area contributed by atoms with Gasteiger partial charge >= 0.3 is 0 Å². The zero-order valence-corrected chi connectivity index (χ0v) is 8.76. The molecule has 1 fully saturated rings. The Morgan fingerprint density at radius 1 is 1.64 bits per heavy atom. The lowest BCUT2D eigenvalue weighted by molar-refractivity contribution is 0.155. The lowest BCUT2D eigenvalue weighted by Crippen LogP contribution is -1.99. The summed E-state index contributed by atoms with van der Waals surface area (Å²) < 4.78 is 1.61. The van der Waals surface area contributed by atoms with Crippen molar-refractivity contribution in [3.05, 3.63) is 19.8 Å². The Morgan fingerprint density at radius 3 is 2.64 bits per heavy atom. The molecule has 1 aromatic rings. The lowest BCUT2D eigenvalue weighted by atomic mass is 10.3. The summed E-state index contributed by atoms with van der Waals surface area (Å²) in [7, 11) is 0. The molecule has 0 unspecified atom stereocenters. The van der Waals surface area contributed by atoms with Gasteiger partial charge < -0.3 is 5.11 Å². The minimum atomic E-state index is -0.541. The summed E-state index contributed by atoms with van der Waals surface area (Å²) in [6.45, 7) is 0. The van der Waals surface area contributed by atoms with E-state index < -0.39 is 5.60 Å². The van der Waals surface area contributed by atoms with Crippen LogP contribution in [0.1, 0.15) is 17.7 Å². The molecule has 0 amide bonds. The van der Waals surface area contributed by atoms with Crippen molar-refractivity contribution in [1.82, 2.24) is 0 Å². The van der Waals surface area contributed by atoms with Crippen LogP contribution in [-0.4, -0.2) is 5.11 Å². The van der Waals surface area contributed by atoms with Crippen molar-refractivity contribution in [2.24, 2.45) is 0 Å². The van der Waals surface area contributed by atoms with Gasteiger partial charge in [0, 0.05) is 9.35 Å². The maximum Gasteiger partial charge on any atom is 0.107 e. The fourth-order valence-electron chi connectivity index (χ4n) is 0.941. The Morgan fingerprint density at radius 2 is 2.27 bits per heavy atom. The van der Waals surface area contributed by atoms with Crippen molar-refractivity contribution in [3.63, 3.8) is 0 Å². The van der Waals surface area contributed by atoms with E-state index in [1.54, 1.807) is 0 Å². The van der Waals surface area contributed by atoms with Crippen LogP contribution < -0.4 is 0 Å². The molecule has 0 bridgehead atoms. The second-order valence-electron chi connectivity index (χ2n) is 2.76. The minimum Gasteiger partial charge on any atom is -0.384 e. The molecule has 11 heavy (non-hydrogen) atoms. The van der Waals surface area contributed by atoms with E-state index >= 15 is 0 Å². The quantitative estimate of drug-likeness (QED) is 0.815. The molecule has 0 aliphatic heterocycles. The Balaban J connectivity index is 2.39. The molecule has 0 radical (unpaired) electrons. The third-order valence-electron chi connectivity index (χ3n) is 1.83. The first-order valence-electron chi connectivity index (χ1n) is 3.29. The summed E-state index contributed by atoms with van der Waals surface area (Å²) in [5.41, 5.74) is -0.541. The highest BCUT2D eigenvalue weighted by atomic mass is 79.9. The molecular formula is C7H6BrClOS. The van der Waals surface area contributed by atoms with Crippen molar-refractivity contribution in [1.29, 1.82) is 0 Å². The molecule has 0 aromatic carbocycles. The van der Waals surface area contributed by atoms with E-state index in [9.17, 15) is 5.11 Å². The third-order valence-corrected chi connectivity index (χ3v) is 4.50. The standard InChI is InChI=1S/C7H6BrClOS/c8-4-3-5(11-6(4)9)7(10)1-2-7/h3,10H,1-2H2. The van der Waals surface area contributed by atoms with Gasteiger partial charge in [-0.15, -0.1) is 11.3 Å². The second kappa shape index (κ2) is 2.46. The highest BCUT2D eigenvalue weighted by molar-refractivity contribution is 9.10. The maximum absolute atomic E-state index is 9.67. The van der Waals surface area contributed by atoms with Crippen LogP contribution in [0, 0.1) is 0 Å². The highest BCUT2D eigenvalue weighted by Gasteiger charge is 2.43. The third kappa shape index (κ3) is 1.35. The van der Waals surface area contributed by atoms with Crippen LogP contribution in [0.3, 0.4) is 0 Å². The average Bonchev–Trinajstić information content (AvgIpc) is 2.59. The summed E-state index contributed by atoms with van der Waals surface area (Å²) in [4.78, 5) is 0.981. The molecule has 4 heteroatoms. The maximum atomic E-state index is 9.67. The van der Waals surface area contributed by atoms with Gasteiger partial charge in [0.1, 0.15) is 4.34 Å². The zero-order chi connectivity index (χ0) is 8.06. The van der Waals surface area contributed by atoms with Crippen LogP contribution in [0.15, 0.2) is 10.5 Å². The molecular weight excluding hydrogens is 248 g/mol. The van der Waals surface area contributed by atoms with E-state index in [0.29, 0.717) is 0 Å². The van der Waals surface area contributed by atoms with Gasteiger partial charge in [0.2, 0.25) is 0 Å². The van der Waals surface area contributed by atoms with Crippen LogP contribution in [0.5, 0.6) is 0 Å². The molecule has 2 rings (SSSR count). The molecule has 1 heterocycles. The molecule has 0 atom stereocenters. The van der Waals surface area contributed by atoms with Crippen molar-refractivity contribution in [2.45, 2.75) is 18.4 Å². The van der Waals surface area contributed by atoms with E-state index in [1.165, 1.54) is 11.3 Å². The van der Waals surface area contributed by atoms with E-state index in [-0.39, 0.29) is 0 Å². The van der Waals surface area contributed by atoms with Gasteiger partial charge in [0.15, 0.2) is 0 Å². The van der Waals surface area contributed by atoms with Crippen LogP contribution in [0.25, 0.3) is 0 Å². The van der Waals surface area contributed by atoms with Gasteiger partial charge in [0.25, 0.3) is 0 Å². The largest absolute Gasteiger partial charge is 0.384 e. The Labute approximate surface area is 82.1 Å². The van der Waals surface area contributed by atoms with Gasteiger partial charge in [0.05, 0.1) is 5.60 Å². The summed E-state index contributed by atoms with van der Waals surface area (Å²) in [5.74, 6) is 0. The van der Waals surface area contributed by atoms with Gasteiger partial charge in [-0.2, -0.15) is 0 Å². The van der Waals surface area contributed by atoms with Gasteiger partial charge in [-0.05, 0) is 34.8 Å². The molecule has 1 aliphatic rings. The number of rotatable bonds is 1. The summed E-state index contributed by atoms with van der Waals surface area (Å²) in [6.07, 6.45) is 1.74. The number of hydrogen-bond acceptors (Lipinski definition) is 2. The molecule has 1 aromatic heterocycles. The molecule has 0 spiro atoms. The van der Waals surface area contributed by atoms with Crippen LogP contribution in [0.2, 0.25) is 4.34 Å². The van der Waals surface area contributed by atoms with Crippen LogP contribution >= 0.6 is 38.9 Å². The molecule has 1 aliphatic carbocycles. The molecule has 1 N–H and O–H groups in total. The Hall–Kier alpha value is 0.430. The fraction of sp³-hybridized carbons (Fsp3) is 0.429. The smallest absolute Gasteiger partial charge is 0.107 e. The van der Waals surface area contributed by atoms with Gasteiger partial charge in [-0.25, -0.2) is 0 Å². The molecule has 1 saturated carbocycles. The second-order valence-corrected chi connectivity index (χ2v) is 5.27. The van der Waals surface area contributed by atoms with E-state index in [1.807, 2.05) is 6.07 Å². The Kier molecular flexibility index (Phi) is 1.80. The summed E-state index contributed by atoms with van der Waals surface area (Å²) >= 11 is 10.6. The predicted molar refractivity (Wildman–Crippen MR) is 50.2 cm³/mol. The normalized spacial score (nSPS) is 20.3. The number of hydrogen-bond donors (Lipinski definition) is 1. The Bertz CT molecular complexity index is 273. The first-order valence-corrected chi connectivity index (χ1v) is 5.28. The van der Waals surface area contributed by atoms with Crippen LogP contribution in [0.4, 0.5) is 0 Å². The van der Waals surface area contributed by atoms with Gasteiger partial charge in [-0.3, -0.25) is 0 Å². The number of thiophene rings is 1. The highest BCUT2D eigenvalue weighted by Crippen LogP contribution is 2.50. The number of aliphatic hydroxyl groups is 1. The van der Waals surface area contributed by atoms with E-state index in [2.05, 4.69) is 15.9 Å². The SMILES string of the molecule is OC1(c2cc(Br)c(Cl)s2)CC1. The predicted octanol–water partition coefficient (Wildman–Crippen LogP) is 3.15.